The third kappa shape index (κ3) is 3.28. The molecule has 0 unspecified atom stereocenters. The van der Waals surface area contributed by atoms with Crippen molar-refractivity contribution in [3.8, 4) is 0 Å². The second-order valence-corrected chi connectivity index (χ2v) is 5.61. The summed E-state index contributed by atoms with van der Waals surface area (Å²) in [5, 5.41) is 2.96. The van der Waals surface area contributed by atoms with E-state index in [4.69, 9.17) is 5.73 Å². The molecule has 2 aromatic rings. The molecule has 0 saturated carbocycles. The summed E-state index contributed by atoms with van der Waals surface area (Å²) in [6.45, 7) is 1.78. The van der Waals surface area contributed by atoms with E-state index < -0.39 is 0 Å². The third-order valence-electron chi connectivity index (χ3n) is 3.99. The summed E-state index contributed by atoms with van der Waals surface area (Å²) in [6.07, 6.45) is 2.18. The summed E-state index contributed by atoms with van der Waals surface area (Å²) in [7, 11) is 0. The molecule has 0 bridgehead atoms. The van der Waals surface area contributed by atoms with Gasteiger partial charge >= 0.3 is 0 Å². The van der Waals surface area contributed by atoms with E-state index in [1.807, 2.05) is 30.3 Å². The molecule has 114 valence electrons. The lowest BCUT2D eigenvalue weighted by atomic mass is 10.0. The van der Waals surface area contributed by atoms with Gasteiger partial charge in [0.2, 0.25) is 5.91 Å². The van der Waals surface area contributed by atoms with Gasteiger partial charge in [0.1, 0.15) is 0 Å². The van der Waals surface area contributed by atoms with Crippen molar-refractivity contribution in [2.75, 3.05) is 23.3 Å². The fourth-order valence-corrected chi connectivity index (χ4v) is 2.93. The quantitative estimate of drug-likeness (QED) is 0.911. The summed E-state index contributed by atoms with van der Waals surface area (Å²) >= 11 is 0. The Morgan fingerprint density at radius 2 is 2.05 bits per heavy atom. The van der Waals surface area contributed by atoms with Gasteiger partial charge in [0.05, 0.1) is 6.54 Å². The molecule has 1 aliphatic rings. The first-order valence-electron chi connectivity index (χ1n) is 7.68. The van der Waals surface area contributed by atoms with Gasteiger partial charge in [0.15, 0.2) is 0 Å². The molecule has 0 atom stereocenters. The first-order chi connectivity index (χ1) is 10.8. The van der Waals surface area contributed by atoms with Gasteiger partial charge in [-0.15, -0.1) is 0 Å². The predicted molar refractivity (Wildman–Crippen MR) is 89.9 cm³/mol. The second kappa shape index (κ2) is 6.62. The fourth-order valence-electron chi connectivity index (χ4n) is 2.93. The van der Waals surface area contributed by atoms with Gasteiger partial charge < -0.3 is 16.0 Å². The standard InChI is InChI=1S/C18H21N3O/c19-12-14-5-3-8-16(11-14)20-18(22)13-21-10-4-7-15-6-1-2-9-17(15)21/h1-3,5-6,8-9,11H,4,7,10,12-13,19H2,(H,20,22). The number of nitrogens with two attached hydrogens (primary N) is 1. The molecule has 4 nitrogen and oxygen atoms in total. The van der Waals surface area contributed by atoms with E-state index >= 15 is 0 Å². The number of carbonyl (C=O) groups excluding carboxylic acids is 1. The Kier molecular flexibility index (Phi) is 4.39. The molecule has 0 spiro atoms. The molecule has 0 aromatic heterocycles. The lowest BCUT2D eigenvalue weighted by Gasteiger charge is -2.30. The molecule has 3 rings (SSSR count). The second-order valence-electron chi connectivity index (χ2n) is 5.61. The molecule has 2 aromatic carbocycles. The molecule has 0 fully saturated rings. The van der Waals surface area contributed by atoms with Gasteiger partial charge in [-0.1, -0.05) is 30.3 Å². The first-order valence-corrected chi connectivity index (χ1v) is 7.68. The number of amides is 1. The Morgan fingerprint density at radius 1 is 1.18 bits per heavy atom. The van der Waals surface area contributed by atoms with E-state index in [0.717, 1.165) is 30.6 Å². The predicted octanol–water partition coefficient (Wildman–Crippen LogP) is 2.54. The minimum absolute atomic E-state index is 0.00544. The molecule has 0 radical (unpaired) electrons. The van der Waals surface area contributed by atoms with Gasteiger partial charge in [0, 0.05) is 24.5 Å². The normalized spacial score (nSPS) is 13.6. The van der Waals surface area contributed by atoms with E-state index in [-0.39, 0.29) is 5.91 Å². The average Bonchev–Trinajstić information content (AvgIpc) is 2.55. The number of nitrogens with zero attached hydrogens (tertiary/aromatic N) is 1. The van der Waals surface area contributed by atoms with E-state index in [1.54, 1.807) is 0 Å². The van der Waals surface area contributed by atoms with Crippen LogP contribution in [0.4, 0.5) is 11.4 Å². The third-order valence-corrected chi connectivity index (χ3v) is 3.99. The van der Waals surface area contributed by atoms with E-state index in [9.17, 15) is 4.79 Å². The zero-order valence-electron chi connectivity index (χ0n) is 12.6. The number of rotatable bonds is 4. The van der Waals surface area contributed by atoms with Crippen LogP contribution in [0.1, 0.15) is 17.5 Å². The van der Waals surface area contributed by atoms with Gasteiger partial charge in [-0.2, -0.15) is 0 Å². The van der Waals surface area contributed by atoms with Crippen molar-refractivity contribution in [3.05, 3.63) is 59.7 Å². The summed E-state index contributed by atoms with van der Waals surface area (Å²) in [4.78, 5) is 14.5. The van der Waals surface area contributed by atoms with Crippen LogP contribution in [0.2, 0.25) is 0 Å². The number of benzene rings is 2. The van der Waals surface area contributed by atoms with Gasteiger partial charge in [0.25, 0.3) is 0 Å². The number of aryl methyl sites for hydroxylation is 1. The van der Waals surface area contributed by atoms with Crippen LogP contribution in [0.15, 0.2) is 48.5 Å². The average molecular weight is 295 g/mol. The zero-order chi connectivity index (χ0) is 15.4. The maximum Gasteiger partial charge on any atom is 0.243 e. The molecule has 1 heterocycles. The summed E-state index contributed by atoms with van der Waals surface area (Å²) < 4.78 is 0. The van der Waals surface area contributed by atoms with Crippen LogP contribution in [-0.4, -0.2) is 19.0 Å². The molecule has 3 N–H and O–H groups in total. The Hall–Kier alpha value is -2.33. The highest BCUT2D eigenvalue weighted by Crippen LogP contribution is 2.26. The van der Waals surface area contributed by atoms with Gasteiger partial charge in [-0.25, -0.2) is 0 Å². The van der Waals surface area contributed by atoms with Gasteiger partial charge in [-0.05, 0) is 42.2 Å². The summed E-state index contributed by atoms with van der Waals surface area (Å²) in [6, 6.07) is 16.0. The van der Waals surface area contributed by atoms with Crippen molar-refractivity contribution in [1.82, 2.24) is 0 Å². The van der Waals surface area contributed by atoms with Crippen LogP contribution < -0.4 is 16.0 Å². The minimum atomic E-state index is 0.00544. The number of hydrogen-bond donors (Lipinski definition) is 2. The molecular formula is C18H21N3O. The topological polar surface area (TPSA) is 58.4 Å². The molecule has 1 aliphatic heterocycles. The van der Waals surface area contributed by atoms with Gasteiger partial charge in [-0.3, -0.25) is 4.79 Å². The van der Waals surface area contributed by atoms with Crippen LogP contribution in [-0.2, 0) is 17.8 Å². The van der Waals surface area contributed by atoms with E-state index in [1.165, 1.54) is 11.3 Å². The number of hydrogen-bond acceptors (Lipinski definition) is 3. The van der Waals surface area contributed by atoms with Crippen molar-refractivity contribution >= 4 is 17.3 Å². The van der Waals surface area contributed by atoms with E-state index in [2.05, 4.69) is 28.4 Å². The van der Waals surface area contributed by atoms with Crippen molar-refractivity contribution in [3.63, 3.8) is 0 Å². The lowest BCUT2D eigenvalue weighted by Crippen LogP contribution is -2.36. The molecule has 0 aliphatic carbocycles. The van der Waals surface area contributed by atoms with Crippen LogP contribution in [0.5, 0.6) is 0 Å². The maximum absolute atomic E-state index is 12.3. The molecule has 1 amide bonds. The molecule has 22 heavy (non-hydrogen) atoms. The van der Waals surface area contributed by atoms with Crippen molar-refractivity contribution in [1.29, 1.82) is 0 Å². The molecule has 0 saturated heterocycles. The monoisotopic (exact) mass is 295 g/mol. The summed E-state index contributed by atoms with van der Waals surface area (Å²) in [5.41, 5.74) is 9.96. The number of carbonyl (C=O) groups is 1. The van der Waals surface area contributed by atoms with Crippen LogP contribution in [0, 0.1) is 0 Å². The highest BCUT2D eigenvalue weighted by Gasteiger charge is 2.18. The molecular weight excluding hydrogens is 274 g/mol. The highest BCUT2D eigenvalue weighted by molar-refractivity contribution is 5.94. The number of nitrogens with one attached hydrogen (secondary N) is 1. The summed E-state index contributed by atoms with van der Waals surface area (Å²) in [5.74, 6) is 0.00544. The van der Waals surface area contributed by atoms with Crippen molar-refractivity contribution in [2.45, 2.75) is 19.4 Å². The van der Waals surface area contributed by atoms with Crippen LogP contribution >= 0.6 is 0 Å². The SMILES string of the molecule is NCc1cccc(NC(=O)CN2CCCc3ccccc32)c1. The van der Waals surface area contributed by atoms with Crippen LogP contribution in [0.25, 0.3) is 0 Å². The minimum Gasteiger partial charge on any atom is -0.362 e. The Morgan fingerprint density at radius 3 is 2.91 bits per heavy atom. The first kappa shape index (κ1) is 14.6. The Balaban J connectivity index is 1.67. The fraction of sp³-hybridized carbons (Fsp3) is 0.278. The smallest absolute Gasteiger partial charge is 0.243 e. The van der Waals surface area contributed by atoms with Crippen molar-refractivity contribution < 1.29 is 4.79 Å². The lowest BCUT2D eigenvalue weighted by molar-refractivity contribution is -0.115. The molecule has 4 heteroatoms. The van der Waals surface area contributed by atoms with E-state index in [0.29, 0.717) is 13.1 Å². The number of fused-ring (bicyclic) bond motifs is 1. The van der Waals surface area contributed by atoms with Crippen molar-refractivity contribution in [2.24, 2.45) is 5.73 Å². The Labute approximate surface area is 130 Å². The van der Waals surface area contributed by atoms with Crippen LogP contribution in [0.3, 0.4) is 0 Å². The largest absolute Gasteiger partial charge is 0.362 e. The number of anilines is 2. The Bertz CT molecular complexity index is 669. The highest BCUT2D eigenvalue weighted by atomic mass is 16.2. The zero-order valence-corrected chi connectivity index (χ0v) is 12.6. The number of para-hydroxylation sites is 1. The maximum atomic E-state index is 12.3.